The van der Waals surface area contributed by atoms with E-state index in [2.05, 4.69) is 4.98 Å². The summed E-state index contributed by atoms with van der Waals surface area (Å²) in [5.41, 5.74) is 0.918. The van der Waals surface area contributed by atoms with Crippen LogP contribution in [0.3, 0.4) is 0 Å². The van der Waals surface area contributed by atoms with Crippen LogP contribution in [0.15, 0.2) is 24.4 Å². The number of pyridine rings is 1. The van der Waals surface area contributed by atoms with Gasteiger partial charge in [0.2, 0.25) is 0 Å². The first kappa shape index (κ1) is 13.1. The number of aliphatic hydroxyl groups excluding tert-OH is 1. The Morgan fingerprint density at radius 3 is 2.69 bits per heavy atom. The van der Waals surface area contributed by atoms with Crippen molar-refractivity contribution in [2.45, 2.75) is 25.4 Å². The SMILES string of the molecule is CS(=O)(=O)CCC(O)CCc1ccccn1. The summed E-state index contributed by atoms with van der Waals surface area (Å²) in [7, 11) is -2.98. The van der Waals surface area contributed by atoms with E-state index in [1.807, 2.05) is 18.2 Å². The predicted octanol–water partition coefficient (Wildman–Crippen LogP) is 0.810. The van der Waals surface area contributed by atoms with Gasteiger partial charge >= 0.3 is 0 Å². The Morgan fingerprint density at radius 2 is 2.12 bits per heavy atom. The van der Waals surface area contributed by atoms with E-state index in [0.29, 0.717) is 19.3 Å². The Hall–Kier alpha value is -0.940. The summed E-state index contributed by atoms with van der Waals surface area (Å²) < 4.78 is 21.8. The van der Waals surface area contributed by atoms with Crippen molar-refractivity contribution in [3.8, 4) is 0 Å². The van der Waals surface area contributed by atoms with Gasteiger partial charge in [0, 0.05) is 18.1 Å². The second-order valence-electron chi connectivity index (χ2n) is 3.93. The molecule has 0 aliphatic rings. The summed E-state index contributed by atoms with van der Waals surface area (Å²) >= 11 is 0. The molecule has 0 aliphatic heterocycles. The van der Waals surface area contributed by atoms with Gasteiger partial charge in [-0.25, -0.2) is 8.42 Å². The lowest BCUT2D eigenvalue weighted by Gasteiger charge is -2.08. The number of sulfone groups is 1. The van der Waals surface area contributed by atoms with Crippen LogP contribution >= 0.6 is 0 Å². The Balaban J connectivity index is 2.28. The number of aliphatic hydroxyl groups is 1. The first-order chi connectivity index (χ1) is 7.47. The van der Waals surface area contributed by atoms with Gasteiger partial charge in [-0.15, -0.1) is 0 Å². The minimum atomic E-state index is -2.98. The van der Waals surface area contributed by atoms with Gasteiger partial charge in [-0.3, -0.25) is 4.98 Å². The highest BCUT2D eigenvalue weighted by Gasteiger charge is 2.09. The summed E-state index contributed by atoms with van der Waals surface area (Å²) in [6.07, 6.45) is 3.83. The molecular weight excluding hydrogens is 226 g/mol. The molecule has 0 aliphatic carbocycles. The molecule has 1 aromatic heterocycles. The molecule has 1 aromatic rings. The fourth-order valence-corrected chi connectivity index (χ4v) is 2.06. The van der Waals surface area contributed by atoms with Crippen molar-refractivity contribution in [3.05, 3.63) is 30.1 Å². The molecule has 90 valence electrons. The number of nitrogens with zero attached hydrogens (tertiary/aromatic N) is 1. The van der Waals surface area contributed by atoms with Crippen LogP contribution < -0.4 is 0 Å². The van der Waals surface area contributed by atoms with Crippen LogP contribution in [-0.2, 0) is 16.3 Å². The Labute approximate surface area is 96.3 Å². The van der Waals surface area contributed by atoms with E-state index in [0.717, 1.165) is 5.69 Å². The first-order valence-electron chi connectivity index (χ1n) is 5.23. The third-order valence-corrected chi connectivity index (χ3v) is 3.26. The zero-order valence-electron chi connectivity index (χ0n) is 9.33. The number of rotatable bonds is 6. The smallest absolute Gasteiger partial charge is 0.147 e. The Bertz CT molecular complexity index is 402. The van der Waals surface area contributed by atoms with Crippen LogP contribution in [0.1, 0.15) is 18.5 Å². The van der Waals surface area contributed by atoms with E-state index >= 15 is 0 Å². The van der Waals surface area contributed by atoms with Gasteiger partial charge in [0.05, 0.1) is 11.9 Å². The van der Waals surface area contributed by atoms with Gasteiger partial charge in [-0.05, 0) is 31.4 Å². The Morgan fingerprint density at radius 1 is 1.38 bits per heavy atom. The molecule has 0 radical (unpaired) electrons. The molecular formula is C11H17NO3S. The number of hydrogen-bond donors (Lipinski definition) is 1. The molecule has 1 unspecified atom stereocenters. The molecule has 1 heterocycles. The summed E-state index contributed by atoms with van der Waals surface area (Å²) in [5, 5.41) is 9.58. The van der Waals surface area contributed by atoms with E-state index in [9.17, 15) is 13.5 Å². The average Bonchev–Trinajstić information content (AvgIpc) is 2.24. The largest absolute Gasteiger partial charge is 0.393 e. The molecule has 4 nitrogen and oxygen atoms in total. The molecule has 0 spiro atoms. The average molecular weight is 243 g/mol. The summed E-state index contributed by atoms with van der Waals surface area (Å²) in [6, 6.07) is 5.62. The maximum atomic E-state index is 10.9. The maximum Gasteiger partial charge on any atom is 0.147 e. The monoisotopic (exact) mass is 243 g/mol. The van der Waals surface area contributed by atoms with Gasteiger partial charge in [0.15, 0.2) is 0 Å². The lowest BCUT2D eigenvalue weighted by molar-refractivity contribution is 0.161. The van der Waals surface area contributed by atoms with Crippen molar-refractivity contribution in [3.63, 3.8) is 0 Å². The highest BCUT2D eigenvalue weighted by molar-refractivity contribution is 7.90. The van der Waals surface area contributed by atoms with E-state index in [-0.39, 0.29) is 5.75 Å². The molecule has 1 rings (SSSR count). The molecule has 16 heavy (non-hydrogen) atoms. The molecule has 0 amide bonds. The topological polar surface area (TPSA) is 67.3 Å². The summed E-state index contributed by atoms with van der Waals surface area (Å²) in [6.45, 7) is 0. The number of hydrogen-bond acceptors (Lipinski definition) is 4. The quantitative estimate of drug-likeness (QED) is 0.803. The van der Waals surface area contributed by atoms with Crippen molar-refractivity contribution in [2.75, 3.05) is 12.0 Å². The molecule has 1 atom stereocenters. The molecule has 0 aromatic carbocycles. The molecule has 0 fully saturated rings. The van der Waals surface area contributed by atoms with Crippen molar-refractivity contribution in [2.24, 2.45) is 0 Å². The zero-order chi connectivity index (χ0) is 12.0. The highest BCUT2D eigenvalue weighted by Crippen LogP contribution is 2.05. The highest BCUT2D eigenvalue weighted by atomic mass is 32.2. The predicted molar refractivity (Wildman–Crippen MR) is 62.9 cm³/mol. The van der Waals surface area contributed by atoms with E-state index in [4.69, 9.17) is 0 Å². The number of aryl methyl sites for hydroxylation is 1. The molecule has 1 N–H and O–H groups in total. The first-order valence-corrected chi connectivity index (χ1v) is 7.29. The number of aromatic nitrogens is 1. The third-order valence-electron chi connectivity index (χ3n) is 2.28. The maximum absolute atomic E-state index is 10.9. The molecule has 0 bridgehead atoms. The van der Waals surface area contributed by atoms with Crippen molar-refractivity contribution < 1.29 is 13.5 Å². The second kappa shape index (κ2) is 5.96. The summed E-state index contributed by atoms with van der Waals surface area (Å²) in [5.74, 6) is 0.0381. The van der Waals surface area contributed by atoms with Crippen LogP contribution in [0, 0.1) is 0 Å². The normalized spacial score (nSPS) is 13.6. The van der Waals surface area contributed by atoms with Crippen molar-refractivity contribution >= 4 is 9.84 Å². The fraction of sp³-hybridized carbons (Fsp3) is 0.545. The van der Waals surface area contributed by atoms with Crippen molar-refractivity contribution in [1.29, 1.82) is 0 Å². The van der Waals surface area contributed by atoms with Gasteiger partial charge in [-0.2, -0.15) is 0 Å². The zero-order valence-corrected chi connectivity index (χ0v) is 10.2. The van der Waals surface area contributed by atoms with Crippen LogP contribution in [0.25, 0.3) is 0 Å². The van der Waals surface area contributed by atoms with Gasteiger partial charge < -0.3 is 5.11 Å². The lowest BCUT2D eigenvalue weighted by atomic mass is 10.1. The molecule has 0 saturated carbocycles. The van der Waals surface area contributed by atoms with Crippen LogP contribution in [0.5, 0.6) is 0 Å². The van der Waals surface area contributed by atoms with E-state index < -0.39 is 15.9 Å². The second-order valence-corrected chi connectivity index (χ2v) is 6.19. The van der Waals surface area contributed by atoms with Gasteiger partial charge in [0.1, 0.15) is 9.84 Å². The molecule has 5 heteroatoms. The van der Waals surface area contributed by atoms with Gasteiger partial charge in [0.25, 0.3) is 0 Å². The van der Waals surface area contributed by atoms with Crippen molar-refractivity contribution in [1.82, 2.24) is 4.98 Å². The van der Waals surface area contributed by atoms with E-state index in [1.165, 1.54) is 6.26 Å². The third kappa shape index (κ3) is 5.82. The van der Waals surface area contributed by atoms with Crippen LogP contribution in [0.4, 0.5) is 0 Å². The minimum absolute atomic E-state index is 0.0381. The van der Waals surface area contributed by atoms with Crippen LogP contribution in [0.2, 0.25) is 0 Å². The van der Waals surface area contributed by atoms with E-state index in [1.54, 1.807) is 6.20 Å². The Kier molecular flexibility index (Phi) is 4.89. The fourth-order valence-electron chi connectivity index (χ4n) is 1.35. The van der Waals surface area contributed by atoms with Crippen LogP contribution in [-0.4, -0.2) is 36.6 Å². The minimum Gasteiger partial charge on any atom is -0.393 e. The lowest BCUT2D eigenvalue weighted by Crippen LogP contribution is -2.14. The molecule has 0 saturated heterocycles. The standard InChI is InChI=1S/C11H17NO3S/c1-16(14,15)9-7-11(13)6-5-10-4-2-3-8-12-10/h2-4,8,11,13H,5-7,9H2,1H3. The summed E-state index contributed by atoms with van der Waals surface area (Å²) in [4.78, 5) is 4.13. The van der Waals surface area contributed by atoms with Gasteiger partial charge in [-0.1, -0.05) is 6.07 Å².